The summed E-state index contributed by atoms with van der Waals surface area (Å²) in [7, 11) is 0. The van der Waals surface area contributed by atoms with Crippen molar-refractivity contribution in [1.29, 1.82) is 0 Å². The first-order chi connectivity index (χ1) is 6.74. The minimum Gasteiger partial charge on any atom is -0.491 e. The minimum atomic E-state index is 0.645. The molecule has 2 rings (SSSR count). The van der Waals surface area contributed by atoms with E-state index >= 15 is 0 Å². The van der Waals surface area contributed by atoms with Gasteiger partial charge in [0.05, 0.1) is 20.8 Å². The van der Waals surface area contributed by atoms with Crippen LogP contribution in [0.1, 0.15) is 6.92 Å². The fraction of sp³-hybridized carbons (Fsp3) is 0.200. The number of hydrogen-bond donors (Lipinski definition) is 0. The molecular weight excluding hydrogens is 284 g/mol. The summed E-state index contributed by atoms with van der Waals surface area (Å²) in [5.74, 6) is 0.852. The number of hydrogen-bond acceptors (Lipinski definition) is 2. The topological polar surface area (TPSA) is 9.23 Å². The number of benzene rings is 1. The van der Waals surface area contributed by atoms with Crippen LogP contribution in [0.5, 0.6) is 5.75 Å². The average molecular weight is 292 g/mol. The van der Waals surface area contributed by atoms with E-state index in [0.717, 1.165) is 20.3 Å². The maximum absolute atomic E-state index is 6.06. The van der Waals surface area contributed by atoms with Crippen molar-refractivity contribution in [2.75, 3.05) is 6.61 Å². The van der Waals surface area contributed by atoms with Crippen molar-refractivity contribution in [1.82, 2.24) is 0 Å². The third-order valence-electron chi connectivity index (χ3n) is 1.88. The molecule has 0 bridgehead atoms. The van der Waals surface area contributed by atoms with E-state index < -0.39 is 0 Å². The molecule has 4 heteroatoms. The molecule has 0 unspecified atom stereocenters. The molecule has 1 heterocycles. The zero-order chi connectivity index (χ0) is 10.1. The molecule has 0 fully saturated rings. The van der Waals surface area contributed by atoms with Gasteiger partial charge >= 0.3 is 0 Å². The van der Waals surface area contributed by atoms with Gasteiger partial charge in [0.1, 0.15) is 0 Å². The first-order valence-electron chi connectivity index (χ1n) is 4.22. The summed E-state index contributed by atoms with van der Waals surface area (Å²) in [5.41, 5.74) is 0. The Hall–Kier alpha value is -0.250. The lowest BCUT2D eigenvalue weighted by molar-refractivity contribution is 0.343. The van der Waals surface area contributed by atoms with E-state index in [4.69, 9.17) is 16.3 Å². The van der Waals surface area contributed by atoms with Crippen molar-refractivity contribution in [3.05, 3.63) is 27.0 Å². The van der Waals surface area contributed by atoms with Crippen molar-refractivity contribution >= 4 is 49.0 Å². The van der Waals surface area contributed by atoms with Gasteiger partial charge in [0.15, 0.2) is 5.75 Å². The number of fused-ring (bicyclic) bond motifs is 1. The molecule has 0 N–H and O–H groups in total. The monoisotopic (exact) mass is 290 g/mol. The predicted molar refractivity (Wildman–Crippen MR) is 65.7 cm³/mol. The molecule has 0 saturated carbocycles. The maximum atomic E-state index is 6.06. The number of thiophene rings is 1. The summed E-state index contributed by atoms with van der Waals surface area (Å²) in [6, 6.07) is 3.99. The lowest BCUT2D eigenvalue weighted by Crippen LogP contribution is -1.92. The zero-order valence-electron chi connectivity index (χ0n) is 7.51. The quantitative estimate of drug-likeness (QED) is 0.778. The number of ether oxygens (including phenoxy) is 1. The van der Waals surface area contributed by atoms with Crippen LogP contribution >= 0.6 is 38.9 Å². The molecule has 0 aliphatic rings. The average Bonchev–Trinajstić information content (AvgIpc) is 2.60. The molecular formula is C10H8BrClOS. The van der Waals surface area contributed by atoms with E-state index in [9.17, 15) is 0 Å². The van der Waals surface area contributed by atoms with Crippen molar-refractivity contribution < 1.29 is 4.74 Å². The van der Waals surface area contributed by atoms with Crippen LogP contribution in [0.3, 0.4) is 0 Å². The highest BCUT2D eigenvalue weighted by atomic mass is 79.9. The lowest BCUT2D eigenvalue weighted by Gasteiger charge is -2.08. The van der Waals surface area contributed by atoms with Gasteiger partial charge in [0.25, 0.3) is 0 Å². The van der Waals surface area contributed by atoms with Crippen LogP contribution in [0.25, 0.3) is 10.1 Å². The van der Waals surface area contributed by atoms with Gasteiger partial charge in [-0.15, -0.1) is 11.3 Å². The third-order valence-corrected chi connectivity index (χ3v) is 4.12. The Labute approximate surface area is 99.8 Å². The van der Waals surface area contributed by atoms with Gasteiger partial charge in [-0.3, -0.25) is 0 Å². The molecule has 1 aromatic heterocycles. The first kappa shape index (κ1) is 10.3. The smallest absolute Gasteiger partial charge is 0.152 e. The van der Waals surface area contributed by atoms with Crippen LogP contribution in [-0.4, -0.2) is 6.61 Å². The van der Waals surface area contributed by atoms with Crippen molar-refractivity contribution in [2.24, 2.45) is 0 Å². The summed E-state index contributed by atoms with van der Waals surface area (Å²) < 4.78 is 7.55. The second kappa shape index (κ2) is 4.09. The van der Waals surface area contributed by atoms with Crippen molar-refractivity contribution in [3.8, 4) is 5.75 Å². The Balaban J connectivity index is 2.73. The van der Waals surface area contributed by atoms with E-state index in [1.165, 1.54) is 0 Å². The van der Waals surface area contributed by atoms with Crippen molar-refractivity contribution in [2.45, 2.75) is 6.92 Å². The van der Waals surface area contributed by atoms with E-state index in [1.807, 2.05) is 24.4 Å². The summed E-state index contributed by atoms with van der Waals surface area (Å²) in [6.45, 7) is 2.61. The zero-order valence-corrected chi connectivity index (χ0v) is 10.7. The molecule has 74 valence electrons. The molecule has 0 atom stereocenters. The minimum absolute atomic E-state index is 0.645. The largest absolute Gasteiger partial charge is 0.491 e. The van der Waals surface area contributed by atoms with E-state index in [0.29, 0.717) is 11.6 Å². The van der Waals surface area contributed by atoms with E-state index in [-0.39, 0.29) is 0 Å². The lowest BCUT2D eigenvalue weighted by atomic mass is 10.2. The van der Waals surface area contributed by atoms with Gasteiger partial charge in [-0.25, -0.2) is 0 Å². The number of rotatable bonds is 2. The van der Waals surface area contributed by atoms with Crippen LogP contribution in [0, 0.1) is 0 Å². The Bertz CT molecular complexity index is 466. The van der Waals surface area contributed by atoms with Crippen LogP contribution in [0.15, 0.2) is 22.0 Å². The molecule has 2 aromatic rings. The fourth-order valence-electron chi connectivity index (χ4n) is 1.30. The van der Waals surface area contributed by atoms with Crippen LogP contribution < -0.4 is 4.74 Å². The molecule has 1 nitrogen and oxygen atoms in total. The molecule has 0 spiro atoms. The summed E-state index contributed by atoms with van der Waals surface area (Å²) in [5, 5.41) is 3.86. The highest BCUT2D eigenvalue weighted by molar-refractivity contribution is 9.10. The second-order valence-corrected chi connectivity index (χ2v) is 4.89. The Kier molecular flexibility index (Phi) is 3.00. The predicted octanol–water partition coefficient (Wildman–Crippen LogP) is 4.72. The molecule has 0 saturated heterocycles. The summed E-state index contributed by atoms with van der Waals surface area (Å²) in [6.07, 6.45) is 0. The molecule has 0 aliphatic carbocycles. The van der Waals surface area contributed by atoms with Gasteiger partial charge in [0, 0.05) is 0 Å². The highest BCUT2D eigenvalue weighted by Crippen LogP contribution is 2.41. The van der Waals surface area contributed by atoms with Gasteiger partial charge in [-0.2, -0.15) is 0 Å². The standard InChI is InChI=1S/C10H8BrClOS/c1-2-13-9-8(11)7(12)5-6-3-4-14-10(6)9/h3-5H,2H2,1H3. The normalized spacial score (nSPS) is 10.8. The maximum Gasteiger partial charge on any atom is 0.152 e. The molecule has 0 radical (unpaired) electrons. The van der Waals surface area contributed by atoms with Gasteiger partial charge in [0.2, 0.25) is 0 Å². The highest BCUT2D eigenvalue weighted by Gasteiger charge is 2.11. The molecule has 0 aliphatic heterocycles. The summed E-state index contributed by atoms with van der Waals surface area (Å²) in [4.78, 5) is 0. The number of halogens is 2. The molecule has 1 aromatic carbocycles. The first-order valence-corrected chi connectivity index (χ1v) is 6.27. The van der Waals surface area contributed by atoms with E-state index in [1.54, 1.807) is 11.3 Å². The van der Waals surface area contributed by atoms with Gasteiger partial charge < -0.3 is 4.74 Å². The SMILES string of the molecule is CCOc1c(Br)c(Cl)cc2ccsc12. The van der Waals surface area contributed by atoms with Crippen LogP contribution in [0.4, 0.5) is 0 Å². The Morgan fingerprint density at radius 3 is 3.07 bits per heavy atom. The Morgan fingerprint density at radius 2 is 2.36 bits per heavy atom. The van der Waals surface area contributed by atoms with E-state index in [2.05, 4.69) is 15.9 Å². The third kappa shape index (κ3) is 1.64. The molecule has 0 amide bonds. The van der Waals surface area contributed by atoms with Gasteiger partial charge in [-0.05, 0) is 45.8 Å². The summed E-state index contributed by atoms with van der Waals surface area (Å²) >= 11 is 11.2. The Morgan fingerprint density at radius 1 is 1.57 bits per heavy atom. The van der Waals surface area contributed by atoms with Gasteiger partial charge in [-0.1, -0.05) is 11.6 Å². The van der Waals surface area contributed by atoms with Crippen molar-refractivity contribution in [3.63, 3.8) is 0 Å². The van der Waals surface area contributed by atoms with Crippen LogP contribution in [0.2, 0.25) is 5.02 Å². The molecule has 14 heavy (non-hydrogen) atoms. The second-order valence-electron chi connectivity index (χ2n) is 2.77. The van der Waals surface area contributed by atoms with Crippen LogP contribution in [-0.2, 0) is 0 Å². The fourth-order valence-corrected chi connectivity index (χ4v) is 2.94.